The molecule has 0 aliphatic heterocycles. The van der Waals surface area contributed by atoms with Crippen molar-refractivity contribution >= 4 is 17.4 Å². The summed E-state index contributed by atoms with van der Waals surface area (Å²) in [6.45, 7) is 6.73. The lowest BCUT2D eigenvalue weighted by Gasteiger charge is -2.30. The Bertz CT molecular complexity index is 1500. The number of carbonyl (C=O) groups excluding carboxylic acids is 1. The van der Waals surface area contributed by atoms with E-state index in [1.54, 1.807) is 11.0 Å². The highest BCUT2D eigenvalue weighted by molar-refractivity contribution is 6.04. The number of aromatic nitrogens is 4. The number of benzene rings is 2. The SMILES string of the molecule is CCc1cc2cc(C(O)(c3ccccc3)c3ccccc3)c(CC)n2cc1C(=O)Nc1ncn(CC)n1. The number of amides is 1. The molecule has 0 bridgehead atoms. The van der Waals surface area contributed by atoms with Gasteiger partial charge >= 0.3 is 0 Å². The van der Waals surface area contributed by atoms with Crippen LogP contribution in [0.25, 0.3) is 5.52 Å². The van der Waals surface area contributed by atoms with Gasteiger partial charge in [-0.1, -0.05) is 74.5 Å². The number of nitrogens with zero attached hydrogens (tertiary/aromatic N) is 4. The summed E-state index contributed by atoms with van der Waals surface area (Å²) in [5.74, 6) is 0.0201. The summed E-state index contributed by atoms with van der Waals surface area (Å²) < 4.78 is 3.69. The second-order valence-corrected chi connectivity index (χ2v) is 9.04. The average molecular weight is 494 g/mol. The van der Waals surface area contributed by atoms with Crippen molar-refractivity contribution in [1.82, 2.24) is 19.2 Å². The number of rotatable bonds is 8. The Morgan fingerprint density at radius 1 is 0.946 bits per heavy atom. The molecule has 0 aliphatic carbocycles. The molecule has 188 valence electrons. The number of hydrogen-bond acceptors (Lipinski definition) is 4. The third kappa shape index (κ3) is 4.32. The van der Waals surface area contributed by atoms with E-state index in [1.807, 2.05) is 97.2 Å². The molecule has 2 aromatic carbocycles. The van der Waals surface area contributed by atoms with Crippen LogP contribution in [0.2, 0.25) is 0 Å². The van der Waals surface area contributed by atoms with Crippen LogP contribution in [0.5, 0.6) is 0 Å². The zero-order valence-corrected chi connectivity index (χ0v) is 21.3. The Morgan fingerprint density at radius 3 is 2.14 bits per heavy atom. The molecule has 0 unspecified atom stereocenters. The van der Waals surface area contributed by atoms with Crippen LogP contribution in [0.15, 0.2) is 85.3 Å². The van der Waals surface area contributed by atoms with Crippen molar-refractivity contribution in [2.75, 3.05) is 5.32 Å². The normalized spacial score (nSPS) is 11.7. The van der Waals surface area contributed by atoms with Gasteiger partial charge in [-0.3, -0.25) is 14.8 Å². The maximum Gasteiger partial charge on any atom is 0.259 e. The van der Waals surface area contributed by atoms with Crippen molar-refractivity contribution in [2.24, 2.45) is 0 Å². The van der Waals surface area contributed by atoms with E-state index in [0.29, 0.717) is 24.9 Å². The van der Waals surface area contributed by atoms with Gasteiger partial charge in [0.15, 0.2) is 0 Å². The molecule has 5 rings (SSSR count). The molecule has 3 aromatic heterocycles. The Kier molecular flexibility index (Phi) is 6.63. The van der Waals surface area contributed by atoms with Crippen molar-refractivity contribution in [3.63, 3.8) is 0 Å². The first-order valence-electron chi connectivity index (χ1n) is 12.7. The molecule has 5 aromatic rings. The second-order valence-electron chi connectivity index (χ2n) is 9.04. The van der Waals surface area contributed by atoms with Crippen LogP contribution in [0.4, 0.5) is 5.95 Å². The van der Waals surface area contributed by atoms with E-state index < -0.39 is 5.60 Å². The Morgan fingerprint density at radius 2 is 1.59 bits per heavy atom. The van der Waals surface area contributed by atoms with E-state index in [2.05, 4.69) is 22.3 Å². The van der Waals surface area contributed by atoms with Gasteiger partial charge in [0.25, 0.3) is 5.91 Å². The van der Waals surface area contributed by atoms with E-state index in [0.717, 1.165) is 33.5 Å². The van der Waals surface area contributed by atoms with E-state index in [9.17, 15) is 9.90 Å². The van der Waals surface area contributed by atoms with Crippen molar-refractivity contribution in [3.8, 4) is 0 Å². The minimum absolute atomic E-state index is 0.258. The zero-order valence-electron chi connectivity index (χ0n) is 21.3. The van der Waals surface area contributed by atoms with E-state index in [-0.39, 0.29) is 11.9 Å². The van der Waals surface area contributed by atoms with Crippen LogP contribution < -0.4 is 5.32 Å². The van der Waals surface area contributed by atoms with Crippen molar-refractivity contribution in [2.45, 2.75) is 45.8 Å². The molecule has 0 spiro atoms. The maximum atomic E-state index is 13.3. The molecule has 7 nitrogen and oxygen atoms in total. The summed E-state index contributed by atoms with van der Waals surface area (Å²) in [7, 11) is 0. The fraction of sp³-hybridized carbons (Fsp3) is 0.233. The summed E-state index contributed by atoms with van der Waals surface area (Å²) in [5.41, 5.74) is 4.36. The monoisotopic (exact) mass is 493 g/mol. The van der Waals surface area contributed by atoms with Gasteiger partial charge < -0.3 is 9.51 Å². The lowest BCUT2D eigenvalue weighted by atomic mass is 9.80. The van der Waals surface area contributed by atoms with Gasteiger partial charge in [-0.15, -0.1) is 5.10 Å². The highest BCUT2D eigenvalue weighted by atomic mass is 16.3. The summed E-state index contributed by atoms with van der Waals surface area (Å²) >= 11 is 0. The molecule has 1 amide bonds. The molecule has 2 N–H and O–H groups in total. The van der Waals surface area contributed by atoms with Crippen LogP contribution in [-0.2, 0) is 25.0 Å². The molecule has 0 radical (unpaired) electrons. The number of aliphatic hydroxyl groups is 1. The number of fused-ring (bicyclic) bond motifs is 1. The summed E-state index contributed by atoms with van der Waals surface area (Å²) in [6, 6.07) is 23.5. The van der Waals surface area contributed by atoms with Crippen LogP contribution >= 0.6 is 0 Å². The topological polar surface area (TPSA) is 84.5 Å². The van der Waals surface area contributed by atoms with Gasteiger partial charge in [-0.25, -0.2) is 4.98 Å². The van der Waals surface area contributed by atoms with E-state index >= 15 is 0 Å². The predicted octanol–water partition coefficient (Wildman–Crippen LogP) is 5.21. The second kappa shape index (κ2) is 10.0. The molecule has 3 heterocycles. The van der Waals surface area contributed by atoms with Crippen molar-refractivity contribution in [3.05, 3.63) is 119 Å². The third-order valence-electron chi connectivity index (χ3n) is 6.92. The molecule has 37 heavy (non-hydrogen) atoms. The van der Waals surface area contributed by atoms with Gasteiger partial charge in [0, 0.05) is 29.5 Å². The van der Waals surface area contributed by atoms with Gasteiger partial charge in [0.2, 0.25) is 5.95 Å². The maximum absolute atomic E-state index is 13.3. The largest absolute Gasteiger partial charge is 0.376 e. The minimum atomic E-state index is -1.36. The van der Waals surface area contributed by atoms with E-state index in [1.165, 1.54) is 0 Å². The highest BCUT2D eigenvalue weighted by Gasteiger charge is 2.37. The van der Waals surface area contributed by atoms with Crippen molar-refractivity contribution < 1.29 is 9.90 Å². The van der Waals surface area contributed by atoms with E-state index in [4.69, 9.17) is 0 Å². The standard InChI is InChI=1S/C30H31N5O2/c1-4-21-17-24-18-26(30(37,22-13-9-7-10-14-22)23-15-11-8-12-16-23)27(5-2)35(24)19-25(21)28(36)32-29-31-20-34(6-3)33-29/h7-20,37H,4-6H2,1-3H3,(H,32,33,36). The molecule has 0 fully saturated rings. The fourth-order valence-electron chi connectivity index (χ4n) is 5.00. The van der Waals surface area contributed by atoms with Gasteiger partial charge in [-0.05, 0) is 48.6 Å². The summed E-state index contributed by atoms with van der Waals surface area (Å²) in [5, 5.41) is 19.6. The number of carbonyl (C=O) groups is 1. The lowest BCUT2D eigenvalue weighted by molar-refractivity contribution is 0.102. The quantitative estimate of drug-likeness (QED) is 0.311. The smallest absolute Gasteiger partial charge is 0.259 e. The van der Waals surface area contributed by atoms with Crippen LogP contribution in [0, 0.1) is 0 Å². The summed E-state index contributed by atoms with van der Waals surface area (Å²) in [4.78, 5) is 17.5. The first-order chi connectivity index (χ1) is 18.0. The number of pyridine rings is 1. The number of nitrogens with one attached hydrogen (secondary N) is 1. The summed E-state index contributed by atoms with van der Waals surface area (Å²) in [6.07, 6.45) is 4.82. The highest BCUT2D eigenvalue weighted by Crippen LogP contribution is 2.40. The predicted molar refractivity (Wildman–Crippen MR) is 145 cm³/mol. The van der Waals surface area contributed by atoms with Crippen LogP contribution in [-0.4, -0.2) is 30.2 Å². The molecular weight excluding hydrogens is 462 g/mol. The Balaban J connectivity index is 1.68. The van der Waals surface area contributed by atoms with Crippen LogP contribution in [0.1, 0.15) is 59.1 Å². The van der Waals surface area contributed by atoms with Gasteiger partial charge in [0.05, 0.1) is 5.56 Å². The zero-order chi connectivity index (χ0) is 26.0. The molecule has 0 atom stereocenters. The minimum Gasteiger partial charge on any atom is -0.376 e. The van der Waals surface area contributed by atoms with Crippen molar-refractivity contribution in [1.29, 1.82) is 0 Å². The first kappa shape index (κ1) is 24.5. The number of anilines is 1. The molecule has 0 aliphatic rings. The molecule has 0 saturated heterocycles. The molecule has 0 saturated carbocycles. The number of aryl methyl sites for hydroxylation is 3. The first-order valence-corrected chi connectivity index (χ1v) is 12.7. The fourth-order valence-corrected chi connectivity index (χ4v) is 5.00. The Labute approximate surface area is 216 Å². The number of hydrogen-bond donors (Lipinski definition) is 2. The lowest BCUT2D eigenvalue weighted by Crippen LogP contribution is -2.29. The Hall–Kier alpha value is -4.23. The molecule has 7 heteroatoms. The van der Waals surface area contributed by atoms with Gasteiger partial charge in [0.1, 0.15) is 11.9 Å². The average Bonchev–Trinajstić information content (AvgIpc) is 3.56. The van der Waals surface area contributed by atoms with Gasteiger partial charge in [-0.2, -0.15) is 0 Å². The van der Waals surface area contributed by atoms with Crippen LogP contribution in [0.3, 0.4) is 0 Å². The molecular formula is C30H31N5O2. The third-order valence-corrected chi connectivity index (χ3v) is 6.92.